The number of ether oxygens (including phenoxy) is 1. The summed E-state index contributed by atoms with van der Waals surface area (Å²) in [5, 5.41) is 3.92. The molecule has 0 unspecified atom stereocenters. The van der Waals surface area contributed by atoms with Crippen LogP contribution in [0.5, 0.6) is 5.75 Å². The predicted octanol–water partition coefficient (Wildman–Crippen LogP) is 3.55. The third kappa shape index (κ3) is 2.23. The molecule has 4 nitrogen and oxygen atoms in total. The van der Waals surface area contributed by atoms with Crippen molar-refractivity contribution in [3.63, 3.8) is 0 Å². The summed E-state index contributed by atoms with van der Waals surface area (Å²) in [7, 11) is 1.59. The van der Waals surface area contributed by atoms with Gasteiger partial charge in [-0.2, -0.15) is 0 Å². The highest BCUT2D eigenvalue weighted by Crippen LogP contribution is 2.26. The van der Waals surface area contributed by atoms with Crippen molar-refractivity contribution in [1.29, 1.82) is 0 Å². The third-order valence-electron chi connectivity index (χ3n) is 3.02. The molecule has 1 heterocycles. The monoisotopic (exact) mass is 267 g/mol. The van der Waals surface area contributed by atoms with Gasteiger partial charge in [-0.25, -0.2) is 4.79 Å². The summed E-state index contributed by atoms with van der Waals surface area (Å²) < 4.78 is 10.5. The number of hydrogen-bond acceptors (Lipinski definition) is 4. The van der Waals surface area contributed by atoms with E-state index in [1.807, 2.05) is 42.5 Å². The highest BCUT2D eigenvalue weighted by atomic mass is 16.5. The zero-order valence-electron chi connectivity index (χ0n) is 10.9. The molecule has 0 bridgehead atoms. The van der Waals surface area contributed by atoms with Crippen LogP contribution >= 0.6 is 0 Å². The number of benzene rings is 2. The van der Waals surface area contributed by atoms with Gasteiger partial charge in [0.2, 0.25) is 0 Å². The molecule has 0 radical (unpaired) electrons. The Balaban J connectivity index is 2.06. The minimum absolute atomic E-state index is 0.383. The molecule has 4 heteroatoms. The van der Waals surface area contributed by atoms with E-state index in [0.29, 0.717) is 17.0 Å². The lowest BCUT2D eigenvalue weighted by Gasteiger charge is -2.10. The maximum Gasteiger partial charge on any atom is 0.360 e. The van der Waals surface area contributed by atoms with Crippen LogP contribution in [-0.2, 0) is 0 Å². The average Bonchev–Trinajstić information content (AvgIpc) is 2.48. The molecule has 0 aliphatic heterocycles. The second-order valence-electron chi connectivity index (χ2n) is 4.31. The van der Waals surface area contributed by atoms with Gasteiger partial charge in [0, 0.05) is 5.39 Å². The van der Waals surface area contributed by atoms with Crippen LogP contribution in [-0.4, -0.2) is 7.11 Å². The van der Waals surface area contributed by atoms with E-state index in [0.717, 1.165) is 11.1 Å². The summed E-state index contributed by atoms with van der Waals surface area (Å²) >= 11 is 0. The van der Waals surface area contributed by atoms with Crippen molar-refractivity contribution in [3.05, 3.63) is 65.0 Å². The van der Waals surface area contributed by atoms with Crippen LogP contribution in [0.25, 0.3) is 11.0 Å². The SMILES string of the molecule is COc1ccccc1Nc1cc2ccccc2oc1=O. The van der Waals surface area contributed by atoms with Crippen molar-refractivity contribution in [1.82, 2.24) is 0 Å². The average molecular weight is 267 g/mol. The van der Waals surface area contributed by atoms with Crippen molar-refractivity contribution in [2.24, 2.45) is 0 Å². The molecule has 0 amide bonds. The molecule has 1 N–H and O–H groups in total. The molecule has 0 saturated carbocycles. The summed E-state index contributed by atoms with van der Waals surface area (Å²) in [6.45, 7) is 0. The quantitative estimate of drug-likeness (QED) is 0.737. The maximum absolute atomic E-state index is 12.0. The zero-order chi connectivity index (χ0) is 13.9. The Labute approximate surface area is 115 Å². The molecule has 0 aliphatic rings. The van der Waals surface area contributed by atoms with Crippen LogP contribution in [0.2, 0.25) is 0 Å². The number of rotatable bonds is 3. The number of fused-ring (bicyclic) bond motifs is 1. The molecule has 0 fully saturated rings. The van der Waals surface area contributed by atoms with Crippen molar-refractivity contribution >= 4 is 22.3 Å². The first-order chi connectivity index (χ1) is 9.78. The van der Waals surface area contributed by atoms with Gasteiger partial charge in [0.15, 0.2) is 0 Å². The van der Waals surface area contributed by atoms with E-state index < -0.39 is 5.63 Å². The molecule has 20 heavy (non-hydrogen) atoms. The first-order valence-corrected chi connectivity index (χ1v) is 6.21. The molecule has 3 rings (SSSR count). The van der Waals surface area contributed by atoms with E-state index in [-0.39, 0.29) is 0 Å². The van der Waals surface area contributed by atoms with Crippen molar-refractivity contribution in [3.8, 4) is 5.75 Å². The minimum Gasteiger partial charge on any atom is -0.495 e. The number of hydrogen-bond donors (Lipinski definition) is 1. The van der Waals surface area contributed by atoms with E-state index in [2.05, 4.69) is 5.32 Å². The van der Waals surface area contributed by atoms with Crippen LogP contribution in [0, 0.1) is 0 Å². The van der Waals surface area contributed by atoms with Crippen LogP contribution in [0.3, 0.4) is 0 Å². The normalized spacial score (nSPS) is 10.4. The topological polar surface area (TPSA) is 51.5 Å². The lowest BCUT2D eigenvalue weighted by Crippen LogP contribution is -2.07. The van der Waals surface area contributed by atoms with Gasteiger partial charge >= 0.3 is 5.63 Å². The molecule has 3 aromatic rings. The Hall–Kier alpha value is -2.75. The van der Waals surface area contributed by atoms with Crippen LogP contribution < -0.4 is 15.7 Å². The van der Waals surface area contributed by atoms with Crippen LogP contribution in [0.15, 0.2) is 63.8 Å². The van der Waals surface area contributed by atoms with Gasteiger partial charge in [-0.3, -0.25) is 0 Å². The van der Waals surface area contributed by atoms with Crippen molar-refractivity contribution < 1.29 is 9.15 Å². The number of para-hydroxylation sites is 3. The second kappa shape index (κ2) is 5.09. The van der Waals surface area contributed by atoms with Crippen LogP contribution in [0.1, 0.15) is 0 Å². The molecule has 0 saturated heterocycles. The molecular formula is C16H13NO3. The van der Waals surface area contributed by atoms with Gasteiger partial charge in [0.25, 0.3) is 0 Å². The molecule has 0 atom stereocenters. The summed E-state index contributed by atoms with van der Waals surface area (Å²) in [6, 6.07) is 16.6. The smallest absolute Gasteiger partial charge is 0.360 e. The molecule has 0 aliphatic carbocycles. The first kappa shape index (κ1) is 12.3. The lowest BCUT2D eigenvalue weighted by molar-refractivity contribution is 0.417. The molecule has 1 aromatic heterocycles. The Bertz CT molecular complexity index is 808. The first-order valence-electron chi connectivity index (χ1n) is 6.21. The molecule has 0 spiro atoms. The summed E-state index contributed by atoms with van der Waals surface area (Å²) in [4.78, 5) is 12.0. The Morgan fingerprint density at radius 1 is 1.00 bits per heavy atom. The third-order valence-corrected chi connectivity index (χ3v) is 3.02. The highest BCUT2D eigenvalue weighted by molar-refractivity contribution is 5.81. The van der Waals surface area contributed by atoms with Gasteiger partial charge in [0.1, 0.15) is 17.0 Å². The van der Waals surface area contributed by atoms with E-state index in [1.54, 1.807) is 19.2 Å². The van der Waals surface area contributed by atoms with E-state index >= 15 is 0 Å². The van der Waals surface area contributed by atoms with Gasteiger partial charge in [-0.15, -0.1) is 0 Å². The van der Waals surface area contributed by atoms with E-state index in [4.69, 9.17) is 9.15 Å². The fourth-order valence-electron chi connectivity index (χ4n) is 2.04. The van der Waals surface area contributed by atoms with Crippen molar-refractivity contribution in [2.75, 3.05) is 12.4 Å². The summed E-state index contributed by atoms with van der Waals surface area (Å²) in [5.41, 5.74) is 1.27. The van der Waals surface area contributed by atoms with Crippen LogP contribution in [0.4, 0.5) is 11.4 Å². The highest BCUT2D eigenvalue weighted by Gasteiger charge is 2.07. The Morgan fingerprint density at radius 2 is 1.75 bits per heavy atom. The maximum atomic E-state index is 12.0. The largest absolute Gasteiger partial charge is 0.495 e. The number of nitrogens with one attached hydrogen (secondary N) is 1. The van der Waals surface area contributed by atoms with Gasteiger partial charge in [0.05, 0.1) is 12.8 Å². The van der Waals surface area contributed by atoms with E-state index in [9.17, 15) is 4.79 Å². The summed E-state index contributed by atoms with van der Waals surface area (Å²) in [6.07, 6.45) is 0. The molecular weight excluding hydrogens is 254 g/mol. The standard InChI is InChI=1S/C16H13NO3/c1-19-15-9-5-3-7-12(15)17-13-10-11-6-2-4-8-14(11)20-16(13)18/h2-10,17H,1H3. The number of methoxy groups -OCH3 is 1. The zero-order valence-corrected chi connectivity index (χ0v) is 10.9. The lowest BCUT2D eigenvalue weighted by atomic mass is 10.2. The Kier molecular flexibility index (Phi) is 3.13. The summed E-state index contributed by atoms with van der Waals surface area (Å²) in [5.74, 6) is 0.667. The van der Waals surface area contributed by atoms with Crippen molar-refractivity contribution in [2.45, 2.75) is 0 Å². The second-order valence-corrected chi connectivity index (χ2v) is 4.31. The predicted molar refractivity (Wildman–Crippen MR) is 78.8 cm³/mol. The fourth-order valence-corrected chi connectivity index (χ4v) is 2.04. The van der Waals surface area contributed by atoms with Gasteiger partial charge < -0.3 is 14.5 Å². The Morgan fingerprint density at radius 3 is 2.60 bits per heavy atom. The molecule has 2 aromatic carbocycles. The molecule has 100 valence electrons. The van der Waals surface area contributed by atoms with E-state index in [1.165, 1.54) is 0 Å². The fraction of sp³-hybridized carbons (Fsp3) is 0.0625. The van der Waals surface area contributed by atoms with Gasteiger partial charge in [-0.05, 0) is 24.3 Å². The minimum atomic E-state index is -0.408. The van der Waals surface area contributed by atoms with Gasteiger partial charge in [-0.1, -0.05) is 30.3 Å². The number of anilines is 2.